The lowest BCUT2D eigenvalue weighted by molar-refractivity contribution is 0.510. The van der Waals surface area contributed by atoms with Crippen molar-refractivity contribution in [2.24, 2.45) is 5.41 Å². The zero-order chi connectivity index (χ0) is 51.8. The van der Waals surface area contributed by atoms with Gasteiger partial charge in [-0.25, -0.2) is 0 Å². The molecule has 1 atom stereocenters. The lowest BCUT2D eigenvalue weighted by Crippen LogP contribution is -2.61. The van der Waals surface area contributed by atoms with Gasteiger partial charge < -0.3 is 18.8 Å². The summed E-state index contributed by atoms with van der Waals surface area (Å²) in [6.07, 6.45) is 12.5. The van der Waals surface area contributed by atoms with Crippen molar-refractivity contribution in [1.29, 1.82) is 0 Å². The van der Waals surface area contributed by atoms with Crippen molar-refractivity contribution in [2.45, 2.75) is 144 Å². The van der Waals surface area contributed by atoms with Crippen LogP contribution in [0.5, 0.6) is 0 Å². The number of furan rings is 1. The monoisotopic (exact) mass is 970 g/mol. The standard InChI is InChI=1S/C69H72BN3O/c1-65(2,3)41-26-30-45(31-27-41)71(46-32-28-42(29-33-46)66(4,5)6)47-34-35-53-56(40-47)72(55-24-19-22-49-48-20-16-18-25-59(48)74-63(49)55)57-38-44(68(10,11)12)39-58-61(57)70(53)54-37-43(67(7,8)9)36-51-60-50-21-15-17-23-52(50)69(13,14)64(60)73(58)62(51)54/h15-18,20-23,25-32,34-40,46H,19,24,33H2,1-14H3. The van der Waals surface area contributed by atoms with Crippen molar-refractivity contribution in [3.8, 4) is 16.8 Å². The molecule has 5 aliphatic rings. The third-order valence-electron chi connectivity index (χ3n) is 17.5. The minimum Gasteiger partial charge on any atom is -0.454 e. The maximum Gasteiger partial charge on any atom is 0.252 e. The van der Waals surface area contributed by atoms with E-state index in [1.165, 1.54) is 117 Å². The minimum absolute atomic E-state index is 0.0164. The Morgan fingerprint density at radius 3 is 2.00 bits per heavy atom. The summed E-state index contributed by atoms with van der Waals surface area (Å²) < 4.78 is 9.87. The molecule has 0 spiro atoms. The maximum atomic E-state index is 7.13. The molecule has 0 radical (unpaired) electrons. The predicted octanol–water partition coefficient (Wildman–Crippen LogP) is 14.7. The van der Waals surface area contributed by atoms with E-state index in [0.29, 0.717) is 0 Å². The van der Waals surface area contributed by atoms with Gasteiger partial charge in [-0.1, -0.05) is 188 Å². The summed E-state index contributed by atoms with van der Waals surface area (Å²) in [5.41, 5.74) is 25.5. The van der Waals surface area contributed by atoms with E-state index in [1.807, 2.05) is 0 Å². The van der Waals surface area contributed by atoms with Crippen LogP contribution in [0.25, 0.3) is 50.5 Å². The first-order valence-electron chi connectivity index (χ1n) is 27.5. The van der Waals surface area contributed by atoms with Crippen molar-refractivity contribution < 1.29 is 4.42 Å². The maximum absolute atomic E-state index is 7.13. The third-order valence-corrected chi connectivity index (χ3v) is 17.5. The molecule has 0 fully saturated rings. The number of fused-ring (bicyclic) bond motifs is 12. The molecular weight excluding hydrogens is 898 g/mol. The highest BCUT2D eigenvalue weighted by molar-refractivity contribution is 7.00. The van der Waals surface area contributed by atoms with Gasteiger partial charge in [0, 0.05) is 66.6 Å². The first-order valence-corrected chi connectivity index (χ1v) is 27.5. The number of hydrogen-bond donors (Lipinski definition) is 0. The summed E-state index contributed by atoms with van der Waals surface area (Å²) >= 11 is 0. The SMILES string of the molecule is CC(C)(C)C1=CCC(N(c2ccc(C(C)(C)C)cc2)c2ccc3c(c2)N(C2=c4oc5ccccc5c4=CCC2)c2cc(C(C)(C)C)cc4c2B3c2cc(C(C)(C)C)cc3c5c(n-4c23)C(C)(C)c2ccccc2-5)C=C1. The van der Waals surface area contributed by atoms with Gasteiger partial charge in [0.25, 0.3) is 6.71 Å². The molecule has 4 heterocycles. The Balaban J connectivity index is 1.16. The molecule has 74 heavy (non-hydrogen) atoms. The van der Waals surface area contributed by atoms with Crippen molar-refractivity contribution in [3.63, 3.8) is 0 Å². The third kappa shape index (κ3) is 6.86. The number of allylic oxidation sites excluding steroid dienone is 2. The Kier molecular flexibility index (Phi) is 9.96. The topological polar surface area (TPSA) is 24.6 Å². The molecular formula is C69H72BN3O. The van der Waals surface area contributed by atoms with Crippen LogP contribution in [0.3, 0.4) is 0 Å². The molecule has 2 aromatic heterocycles. The fraction of sp³-hybridized carbons (Fsp3) is 0.333. The van der Waals surface area contributed by atoms with E-state index >= 15 is 0 Å². The smallest absolute Gasteiger partial charge is 0.252 e. The highest BCUT2D eigenvalue weighted by Crippen LogP contribution is 2.55. The van der Waals surface area contributed by atoms with Crippen LogP contribution in [0, 0.1) is 5.41 Å². The van der Waals surface area contributed by atoms with Crippen LogP contribution < -0.4 is 36.8 Å². The second kappa shape index (κ2) is 15.7. The molecule has 0 N–H and O–H groups in total. The largest absolute Gasteiger partial charge is 0.454 e. The first kappa shape index (κ1) is 47.0. The van der Waals surface area contributed by atoms with Crippen LogP contribution in [-0.4, -0.2) is 17.3 Å². The zero-order valence-corrected chi connectivity index (χ0v) is 46.3. The van der Waals surface area contributed by atoms with Gasteiger partial charge in [-0.3, -0.25) is 0 Å². The Bertz CT molecular complexity index is 3900. The zero-order valence-electron chi connectivity index (χ0n) is 46.3. The summed E-state index contributed by atoms with van der Waals surface area (Å²) in [4.78, 5) is 5.30. The van der Waals surface area contributed by atoms with Gasteiger partial charge >= 0.3 is 0 Å². The number of hydrogen-bond acceptors (Lipinski definition) is 3. The van der Waals surface area contributed by atoms with Gasteiger partial charge in [-0.05, 0) is 139 Å². The number of rotatable bonds is 4. The fourth-order valence-corrected chi connectivity index (χ4v) is 13.5. The number of aromatic nitrogens is 1. The molecule has 1 unspecified atom stereocenters. The number of nitrogens with zero attached hydrogens (tertiary/aromatic N) is 3. The number of anilines is 4. The van der Waals surface area contributed by atoms with Gasteiger partial charge in [-0.2, -0.15) is 0 Å². The highest BCUT2D eigenvalue weighted by Gasteiger charge is 2.49. The van der Waals surface area contributed by atoms with E-state index in [9.17, 15) is 0 Å². The van der Waals surface area contributed by atoms with Gasteiger partial charge in [0.15, 0.2) is 5.42 Å². The summed E-state index contributed by atoms with van der Waals surface area (Å²) in [6.45, 7) is 33.1. The summed E-state index contributed by atoms with van der Waals surface area (Å²) in [5, 5.41) is 3.76. The minimum atomic E-state index is -0.231. The van der Waals surface area contributed by atoms with E-state index in [0.717, 1.165) is 30.3 Å². The molecule has 2 aliphatic heterocycles. The highest BCUT2D eigenvalue weighted by atomic mass is 16.3. The summed E-state index contributed by atoms with van der Waals surface area (Å²) in [5.74, 6) is 0. The average Bonchev–Trinajstić information content (AvgIpc) is 4.15. The fourth-order valence-electron chi connectivity index (χ4n) is 13.5. The Hall–Kier alpha value is -6.72. The predicted molar refractivity (Wildman–Crippen MR) is 316 cm³/mol. The molecule has 13 rings (SSSR count). The molecule has 0 bridgehead atoms. The molecule has 0 saturated heterocycles. The second-order valence-corrected chi connectivity index (χ2v) is 26.9. The van der Waals surface area contributed by atoms with Crippen molar-refractivity contribution in [2.75, 3.05) is 9.80 Å². The van der Waals surface area contributed by atoms with Crippen molar-refractivity contribution >= 4 is 79.5 Å². The number of benzene rings is 6. The van der Waals surface area contributed by atoms with Crippen molar-refractivity contribution in [1.82, 2.24) is 4.57 Å². The lowest BCUT2D eigenvalue weighted by atomic mass is 9.33. The van der Waals surface area contributed by atoms with E-state index in [4.69, 9.17) is 4.42 Å². The van der Waals surface area contributed by atoms with Crippen LogP contribution in [0.15, 0.2) is 143 Å². The van der Waals surface area contributed by atoms with E-state index in [1.54, 1.807) is 0 Å². The van der Waals surface area contributed by atoms with Gasteiger partial charge in [0.05, 0.1) is 11.7 Å². The lowest BCUT2D eigenvalue weighted by Gasteiger charge is -2.44. The van der Waals surface area contributed by atoms with Crippen LogP contribution in [0.2, 0.25) is 0 Å². The van der Waals surface area contributed by atoms with Gasteiger partial charge in [-0.15, -0.1) is 0 Å². The molecule has 0 amide bonds. The number of para-hydroxylation sites is 1. The van der Waals surface area contributed by atoms with Gasteiger partial charge in [0.1, 0.15) is 5.58 Å². The molecule has 0 saturated carbocycles. The molecule has 372 valence electrons. The normalized spacial score (nSPS) is 17.5. The van der Waals surface area contributed by atoms with Gasteiger partial charge in [0.2, 0.25) is 0 Å². The molecule has 8 aromatic rings. The molecule has 3 aliphatic carbocycles. The van der Waals surface area contributed by atoms with E-state index in [2.05, 4.69) is 251 Å². The molecule has 4 nitrogen and oxygen atoms in total. The quantitative estimate of drug-likeness (QED) is 0.164. The molecule has 5 heteroatoms. The summed E-state index contributed by atoms with van der Waals surface area (Å²) in [6, 6.07) is 45.2. The van der Waals surface area contributed by atoms with Crippen LogP contribution in [0.1, 0.15) is 144 Å². The first-order chi connectivity index (χ1) is 35.0. The van der Waals surface area contributed by atoms with Crippen LogP contribution in [0.4, 0.5) is 22.7 Å². The Morgan fingerprint density at radius 2 is 1.30 bits per heavy atom. The van der Waals surface area contributed by atoms with Crippen LogP contribution in [-0.2, 0) is 21.7 Å². The van der Waals surface area contributed by atoms with Crippen LogP contribution >= 0.6 is 0 Å². The second-order valence-electron chi connectivity index (χ2n) is 26.9. The van der Waals surface area contributed by atoms with Crippen molar-refractivity contribution in [3.05, 3.63) is 178 Å². The average molecular weight is 970 g/mol. The van der Waals surface area contributed by atoms with E-state index < -0.39 is 0 Å². The summed E-state index contributed by atoms with van der Waals surface area (Å²) in [7, 11) is 0. The Morgan fingerprint density at radius 1 is 0.622 bits per heavy atom. The van der Waals surface area contributed by atoms with E-state index in [-0.39, 0.29) is 39.8 Å². The molecule has 6 aromatic carbocycles. The Labute approximate surface area is 439 Å².